The van der Waals surface area contributed by atoms with Crippen molar-refractivity contribution < 1.29 is 13.7 Å². The Morgan fingerprint density at radius 1 is 1.21 bits per heavy atom. The molecule has 0 amide bonds. The van der Waals surface area contributed by atoms with Crippen molar-refractivity contribution in [1.29, 1.82) is 0 Å². The summed E-state index contributed by atoms with van der Waals surface area (Å²) < 4.78 is 23.4. The van der Waals surface area contributed by atoms with E-state index in [2.05, 4.69) is 52.0 Å². The molecule has 28 heavy (non-hydrogen) atoms. The standard InChI is InChI=1S/C22H31N3O2S/c1-23-22-15-19(8-9-21(22)24-16-17-4-2-5-17)18-6-3-7-20(14-18)25-10-12-28(26,27)13-11-25/h3,6-9,15,17,20,23-24H,2,4-5,10-14,16H2,1H3/p+1. The van der Waals surface area contributed by atoms with Gasteiger partial charge in [0.05, 0.1) is 23.7 Å². The summed E-state index contributed by atoms with van der Waals surface area (Å²) in [6, 6.07) is 7.02. The molecule has 1 aliphatic heterocycles. The van der Waals surface area contributed by atoms with Gasteiger partial charge in [0.1, 0.15) is 0 Å². The highest BCUT2D eigenvalue weighted by atomic mass is 32.2. The molecule has 1 aromatic rings. The van der Waals surface area contributed by atoms with Crippen molar-refractivity contribution in [2.75, 3.05) is 43.5 Å². The molecule has 2 fully saturated rings. The molecule has 0 spiro atoms. The van der Waals surface area contributed by atoms with E-state index in [1.807, 2.05) is 7.05 Å². The van der Waals surface area contributed by atoms with Gasteiger partial charge in [-0.2, -0.15) is 0 Å². The molecule has 1 heterocycles. The van der Waals surface area contributed by atoms with E-state index in [-0.39, 0.29) is 11.5 Å². The second kappa shape index (κ2) is 8.39. The molecule has 3 N–H and O–H groups in total. The van der Waals surface area contributed by atoms with E-state index in [9.17, 15) is 8.42 Å². The molecule has 3 aliphatic rings. The highest BCUT2D eigenvalue weighted by Crippen LogP contribution is 2.31. The molecule has 0 radical (unpaired) electrons. The van der Waals surface area contributed by atoms with Gasteiger partial charge in [0.15, 0.2) is 15.5 Å². The van der Waals surface area contributed by atoms with Crippen LogP contribution in [0.3, 0.4) is 0 Å². The van der Waals surface area contributed by atoms with Gasteiger partial charge in [0.25, 0.3) is 0 Å². The van der Waals surface area contributed by atoms with Gasteiger partial charge in [-0.25, -0.2) is 8.42 Å². The third-order valence-corrected chi connectivity index (χ3v) is 8.11. The van der Waals surface area contributed by atoms with Crippen LogP contribution in [0.1, 0.15) is 31.2 Å². The van der Waals surface area contributed by atoms with E-state index < -0.39 is 9.84 Å². The topological polar surface area (TPSA) is 66.0 Å². The molecule has 1 aromatic carbocycles. The quantitative estimate of drug-likeness (QED) is 0.716. The lowest BCUT2D eigenvalue weighted by molar-refractivity contribution is -0.579. The van der Waals surface area contributed by atoms with Crippen LogP contribution in [-0.2, 0) is 9.84 Å². The minimum Gasteiger partial charge on any atom is -0.383 e. The number of nitrogens with two attached hydrogens (primary N) is 1. The van der Waals surface area contributed by atoms with Gasteiger partial charge in [0.2, 0.25) is 0 Å². The molecular weight excluding hydrogens is 370 g/mol. The summed E-state index contributed by atoms with van der Waals surface area (Å²) in [6.45, 7) is 2.46. The number of hydrogen-bond donors (Lipinski definition) is 2. The first kappa shape index (κ1) is 19.7. The van der Waals surface area contributed by atoms with Crippen molar-refractivity contribution in [1.82, 2.24) is 4.90 Å². The number of quaternary nitrogens is 1. The first-order valence-corrected chi connectivity index (χ1v) is 12.3. The SMILES string of the molecule is CNc1cc(C2=CC=CC(N3CCS(=O)(=O)CC3)C2)ccc1[NH2+]CC1CCC1. The van der Waals surface area contributed by atoms with E-state index in [1.54, 1.807) is 0 Å². The van der Waals surface area contributed by atoms with Crippen molar-refractivity contribution in [3.8, 4) is 0 Å². The van der Waals surface area contributed by atoms with E-state index in [0.29, 0.717) is 19.1 Å². The van der Waals surface area contributed by atoms with Gasteiger partial charge in [-0.1, -0.05) is 24.6 Å². The van der Waals surface area contributed by atoms with Gasteiger partial charge >= 0.3 is 0 Å². The van der Waals surface area contributed by atoms with E-state index in [4.69, 9.17) is 0 Å². The van der Waals surface area contributed by atoms with Gasteiger partial charge in [-0.3, -0.25) is 4.90 Å². The summed E-state index contributed by atoms with van der Waals surface area (Å²) in [5, 5.41) is 5.75. The summed E-state index contributed by atoms with van der Waals surface area (Å²) in [5.41, 5.74) is 5.06. The van der Waals surface area contributed by atoms with Crippen molar-refractivity contribution >= 4 is 26.8 Å². The van der Waals surface area contributed by atoms with E-state index in [1.165, 1.54) is 48.3 Å². The number of hydrogen-bond acceptors (Lipinski definition) is 4. The third kappa shape index (κ3) is 4.50. The molecule has 0 bridgehead atoms. The normalized spacial score (nSPS) is 25.2. The fourth-order valence-corrected chi connectivity index (χ4v) is 5.59. The molecule has 5 nitrogen and oxygen atoms in total. The predicted octanol–water partition coefficient (Wildman–Crippen LogP) is 2.17. The van der Waals surface area contributed by atoms with Crippen LogP contribution in [-0.4, -0.2) is 57.5 Å². The number of rotatable bonds is 6. The fourth-order valence-electron chi connectivity index (χ4n) is 4.36. The predicted molar refractivity (Wildman–Crippen MR) is 116 cm³/mol. The summed E-state index contributed by atoms with van der Waals surface area (Å²) in [6.07, 6.45) is 11.6. The van der Waals surface area contributed by atoms with Crippen LogP contribution in [0, 0.1) is 5.92 Å². The lowest BCUT2D eigenvalue weighted by Gasteiger charge is -2.34. The van der Waals surface area contributed by atoms with Crippen LogP contribution in [0.15, 0.2) is 36.4 Å². The molecule has 2 aliphatic carbocycles. The minimum absolute atomic E-state index is 0.284. The van der Waals surface area contributed by atoms with Crippen LogP contribution in [0.25, 0.3) is 5.57 Å². The number of nitrogens with one attached hydrogen (secondary N) is 1. The smallest absolute Gasteiger partial charge is 0.153 e. The number of sulfone groups is 1. The lowest BCUT2D eigenvalue weighted by atomic mass is 9.85. The molecule has 4 rings (SSSR count). The summed E-state index contributed by atoms with van der Waals surface area (Å²) >= 11 is 0. The molecule has 1 saturated carbocycles. The van der Waals surface area contributed by atoms with Crippen molar-refractivity contribution in [3.05, 3.63) is 42.0 Å². The first-order valence-electron chi connectivity index (χ1n) is 10.5. The maximum atomic E-state index is 11.7. The zero-order valence-corrected chi connectivity index (χ0v) is 17.5. The highest BCUT2D eigenvalue weighted by Gasteiger charge is 2.27. The number of anilines is 1. The Morgan fingerprint density at radius 3 is 2.68 bits per heavy atom. The lowest BCUT2D eigenvalue weighted by Crippen LogP contribution is -2.80. The molecule has 6 heteroatoms. The van der Waals surface area contributed by atoms with Crippen molar-refractivity contribution in [3.63, 3.8) is 0 Å². The molecule has 1 unspecified atom stereocenters. The first-order chi connectivity index (χ1) is 13.5. The number of benzene rings is 1. The fraction of sp³-hybridized carbons (Fsp3) is 0.545. The monoisotopic (exact) mass is 402 g/mol. The Bertz CT molecular complexity index is 858. The Labute approximate surface area is 168 Å². The van der Waals surface area contributed by atoms with Crippen molar-refractivity contribution in [2.45, 2.75) is 31.7 Å². The highest BCUT2D eigenvalue weighted by molar-refractivity contribution is 7.91. The molecule has 1 saturated heterocycles. The van der Waals surface area contributed by atoms with Crippen LogP contribution in [0.4, 0.5) is 11.4 Å². The van der Waals surface area contributed by atoms with Gasteiger partial charge in [0, 0.05) is 38.2 Å². The third-order valence-electron chi connectivity index (χ3n) is 6.50. The summed E-state index contributed by atoms with van der Waals surface area (Å²) in [4.78, 5) is 2.31. The molecule has 1 atom stereocenters. The summed E-state index contributed by atoms with van der Waals surface area (Å²) in [7, 11) is -0.843. The second-order valence-electron chi connectivity index (χ2n) is 8.32. The maximum Gasteiger partial charge on any atom is 0.153 e. The molecule has 152 valence electrons. The molecule has 0 aromatic heterocycles. The number of allylic oxidation sites excluding steroid dienone is 2. The average Bonchev–Trinajstić information content (AvgIpc) is 2.67. The van der Waals surface area contributed by atoms with Crippen LogP contribution < -0.4 is 10.6 Å². The maximum absolute atomic E-state index is 11.7. The van der Waals surface area contributed by atoms with E-state index in [0.717, 1.165) is 12.3 Å². The Balaban J connectivity index is 1.43. The van der Waals surface area contributed by atoms with Gasteiger partial charge in [-0.05, 0) is 42.5 Å². The zero-order valence-electron chi connectivity index (χ0n) is 16.7. The van der Waals surface area contributed by atoms with E-state index >= 15 is 0 Å². The van der Waals surface area contributed by atoms with Crippen LogP contribution in [0.2, 0.25) is 0 Å². The van der Waals surface area contributed by atoms with Gasteiger partial charge in [-0.15, -0.1) is 0 Å². The zero-order chi connectivity index (χ0) is 19.6. The Kier molecular flexibility index (Phi) is 5.90. The average molecular weight is 403 g/mol. The largest absolute Gasteiger partial charge is 0.383 e. The van der Waals surface area contributed by atoms with Crippen LogP contribution in [0.5, 0.6) is 0 Å². The Morgan fingerprint density at radius 2 is 2.00 bits per heavy atom. The Hall–Kier alpha value is -1.63. The molecular formula is C22H32N3O2S+. The van der Waals surface area contributed by atoms with Crippen molar-refractivity contribution in [2.24, 2.45) is 5.92 Å². The van der Waals surface area contributed by atoms with Gasteiger partial charge < -0.3 is 10.6 Å². The number of nitrogens with zero attached hydrogens (tertiary/aromatic N) is 1. The van der Waals surface area contributed by atoms with Crippen LogP contribution >= 0.6 is 0 Å². The minimum atomic E-state index is -2.84. The summed E-state index contributed by atoms with van der Waals surface area (Å²) in [5.74, 6) is 1.45. The second-order valence-corrected chi connectivity index (χ2v) is 10.6.